The molecule has 0 spiro atoms. The van der Waals surface area contributed by atoms with Crippen LogP contribution in [0.4, 0.5) is 0 Å². The summed E-state index contributed by atoms with van der Waals surface area (Å²) in [5.41, 5.74) is 0. The van der Waals surface area contributed by atoms with Crippen molar-refractivity contribution in [2.45, 2.75) is 211 Å². The largest absolute Gasteiger partial charge is 0.394 e. The number of amides is 1. The lowest BCUT2D eigenvalue weighted by Gasteiger charge is -2.40. The third-order valence-corrected chi connectivity index (χ3v) is 9.52. The van der Waals surface area contributed by atoms with E-state index in [2.05, 4.69) is 31.3 Å². The van der Waals surface area contributed by atoms with Gasteiger partial charge >= 0.3 is 0 Å². The second kappa shape index (κ2) is 31.4. The molecule has 49 heavy (non-hydrogen) atoms. The van der Waals surface area contributed by atoms with Gasteiger partial charge in [-0.05, 0) is 44.9 Å². The summed E-state index contributed by atoms with van der Waals surface area (Å²) in [5, 5.41) is 53.8. The summed E-state index contributed by atoms with van der Waals surface area (Å²) < 4.78 is 11.1. The van der Waals surface area contributed by atoms with Crippen LogP contribution in [0, 0.1) is 0 Å². The predicted molar refractivity (Wildman–Crippen MR) is 198 cm³/mol. The first kappa shape index (κ1) is 45.7. The molecule has 0 bridgehead atoms. The number of hydrogen-bond acceptors (Lipinski definition) is 8. The summed E-state index contributed by atoms with van der Waals surface area (Å²) in [5.74, 6) is -0.186. The fourth-order valence-corrected chi connectivity index (χ4v) is 6.21. The molecule has 1 saturated heterocycles. The molecule has 0 aliphatic carbocycles. The van der Waals surface area contributed by atoms with Crippen LogP contribution in [-0.4, -0.2) is 87.5 Å². The average molecular weight is 698 g/mol. The second-order valence-corrected chi connectivity index (χ2v) is 14.1. The highest BCUT2D eigenvalue weighted by molar-refractivity contribution is 5.76. The van der Waals surface area contributed by atoms with Gasteiger partial charge < -0.3 is 40.3 Å². The molecule has 1 aliphatic heterocycles. The number of unbranched alkanes of at least 4 members (excludes halogenated alkanes) is 20. The van der Waals surface area contributed by atoms with Crippen LogP contribution in [0.15, 0.2) is 24.3 Å². The molecule has 6 N–H and O–H groups in total. The van der Waals surface area contributed by atoms with Crippen molar-refractivity contribution in [2.75, 3.05) is 13.2 Å². The maximum absolute atomic E-state index is 12.8. The van der Waals surface area contributed by atoms with Crippen molar-refractivity contribution in [3.63, 3.8) is 0 Å². The summed E-state index contributed by atoms with van der Waals surface area (Å²) in [4.78, 5) is 12.8. The van der Waals surface area contributed by atoms with Crippen molar-refractivity contribution < 1.29 is 39.8 Å². The highest BCUT2D eigenvalue weighted by atomic mass is 16.7. The van der Waals surface area contributed by atoms with Crippen LogP contribution >= 0.6 is 0 Å². The Morgan fingerprint density at radius 1 is 0.673 bits per heavy atom. The van der Waals surface area contributed by atoms with Crippen LogP contribution in [0.5, 0.6) is 0 Å². The quantitative estimate of drug-likeness (QED) is 0.0320. The number of carbonyl (C=O) groups excluding carboxylic acids is 1. The zero-order chi connectivity index (χ0) is 36.0. The van der Waals surface area contributed by atoms with Crippen LogP contribution in [0.1, 0.15) is 168 Å². The standard InChI is InChI=1S/C40H75NO8/c1-3-5-7-9-11-13-14-15-16-17-18-19-20-21-22-24-26-28-30-36(44)41-33(34(43)29-27-25-23-12-10-8-6-4-2)32-48-40-39(47)38(46)37(45)35(31-42)49-40/h16-17,27,29,33-35,37-40,42-43,45-47H,3-15,18-26,28,30-32H2,1-2H3,(H,41,44)/b17-16-,29-27+. The number of aliphatic hydroxyl groups is 5. The summed E-state index contributed by atoms with van der Waals surface area (Å²) in [6.45, 7) is 3.70. The number of carbonyl (C=O) groups is 1. The van der Waals surface area contributed by atoms with Crippen LogP contribution in [0.2, 0.25) is 0 Å². The molecule has 0 aromatic heterocycles. The molecule has 9 heteroatoms. The number of allylic oxidation sites excluding steroid dienone is 3. The van der Waals surface area contributed by atoms with Gasteiger partial charge in [0.1, 0.15) is 24.4 Å². The van der Waals surface area contributed by atoms with Gasteiger partial charge in [-0.2, -0.15) is 0 Å². The normalized spacial score (nSPS) is 22.6. The van der Waals surface area contributed by atoms with E-state index < -0.39 is 49.5 Å². The molecule has 1 fully saturated rings. The minimum Gasteiger partial charge on any atom is -0.394 e. The van der Waals surface area contributed by atoms with Crippen molar-refractivity contribution >= 4 is 5.91 Å². The van der Waals surface area contributed by atoms with Crippen molar-refractivity contribution in [2.24, 2.45) is 0 Å². The topological polar surface area (TPSA) is 149 Å². The van der Waals surface area contributed by atoms with Crippen LogP contribution < -0.4 is 5.32 Å². The van der Waals surface area contributed by atoms with Crippen molar-refractivity contribution in [1.29, 1.82) is 0 Å². The SMILES string of the molecule is CCCCCCCC/C=C/C(O)C(COC1OC(CO)C(O)C(O)C1O)NC(=O)CCCCCCCCC/C=C\CCCCCCCCC. The Morgan fingerprint density at radius 2 is 1.14 bits per heavy atom. The van der Waals surface area contributed by atoms with Crippen molar-refractivity contribution in [3.8, 4) is 0 Å². The Morgan fingerprint density at radius 3 is 1.65 bits per heavy atom. The van der Waals surface area contributed by atoms with E-state index in [0.717, 1.165) is 44.9 Å². The van der Waals surface area contributed by atoms with E-state index in [9.17, 15) is 30.3 Å². The molecule has 7 unspecified atom stereocenters. The average Bonchev–Trinajstić information content (AvgIpc) is 3.10. The molecule has 0 saturated carbocycles. The Bertz CT molecular complexity index is 822. The van der Waals surface area contributed by atoms with Crippen LogP contribution in [-0.2, 0) is 14.3 Å². The van der Waals surface area contributed by atoms with E-state index in [-0.39, 0.29) is 12.5 Å². The van der Waals surface area contributed by atoms with Gasteiger partial charge in [0.05, 0.1) is 25.4 Å². The fourth-order valence-electron chi connectivity index (χ4n) is 6.21. The summed E-state index contributed by atoms with van der Waals surface area (Å²) in [6, 6.07) is -0.801. The molecule has 0 aromatic rings. The van der Waals surface area contributed by atoms with E-state index in [0.29, 0.717) is 6.42 Å². The third kappa shape index (κ3) is 23.0. The molecule has 1 rings (SSSR count). The predicted octanol–water partition coefficient (Wildman–Crippen LogP) is 7.16. The monoisotopic (exact) mass is 698 g/mol. The molecule has 1 aliphatic rings. The molecular formula is C40H75NO8. The summed E-state index contributed by atoms with van der Waals surface area (Å²) >= 11 is 0. The minimum absolute atomic E-state index is 0.186. The summed E-state index contributed by atoms with van der Waals surface area (Å²) in [7, 11) is 0. The highest BCUT2D eigenvalue weighted by Crippen LogP contribution is 2.22. The van der Waals surface area contributed by atoms with Gasteiger partial charge in [0, 0.05) is 6.42 Å². The maximum Gasteiger partial charge on any atom is 0.220 e. The Balaban J connectivity index is 2.35. The van der Waals surface area contributed by atoms with Crippen LogP contribution in [0.3, 0.4) is 0 Å². The van der Waals surface area contributed by atoms with Crippen LogP contribution in [0.25, 0.3) is 0 Å². The lowest BCUT2D eigenvalue weighted by atomic mass is 9.99. The van der Waals surface area contributed by atoms with E-state index in [1.54, 1.807) is 6.08 Å². The lowest BCUT2D eigenvalue weighted by molar-refractivity contribution is -0.302. The zero-order valence-electron chi connectivity index (χ0n) is 31.2. The number of aliphatic hydroxyl groups excluding tert-OH is 5. The first-order chi connectivity index (χ1) is 23.8. The fraction of sp³-hybridized carbons (Fsp3) is 0.875. The highest BCUT2D eigenvalue weighted by Gasteiger charge is 2.44. The van der Waals surface area contributed by atoms with E-state index in [4.69, 9.17) is 9.47 Å². The number of nitrogens with one attached hydrogen (secondary N) is 1. The van der Waals surface area contributed by atoms with E-state index in [1.165, 1.54) is 103 Å². The minimum atomic E-state index is -1.56. The molecule has 0 aromatic carbocycles. The van der Waals surface area contributed by atoms with Crippen molar-refractivity contribution in [1.82, 2.24) is 5.32 Å². The van der Waals surface area contributed by atoms with E-state index >= 15 is 0 Å². The van der Waals surface area contributed by atoms with Gasteiger partial charge in [0.15, 0.2) is 6.29 Å². The van der Waals surface area contributed by atoms with Crippen molar-refractivity contribution in [3.05, 3.63) is 24.3 Å². The number of rotatable bonds is 32. The Hall–Kier alpha value is -1.33. The van der Waals surface area contributed by atoms with Gasteiger partial charge in [-0.25, -0.2) is 0 Å². The smallest absolute Gasteiger partial charge is 0.220 e. The molecule has 9 nitrogen and oxygen atoms in total. The molecule has 288 valence electrons. The van der Waals surface area contributed by atoms with Gasteiger partial charge in [0.25, 0.3) is 0 Å². The molecule has 1 heterocycles. The molecule has 1 amide bonds. The first-order valence-electron chi connectivity index (χ1n) is 20.1. The number of hydrogen-bond donors (Lipinski definition) is 6. The molecule has 7 atom stereocenters. The second-order valence-electron chi connectivity index (χ2n) is 14.1. The van der Waals surface area contributed by atoms with Gasteiger partial charge in [-0.3, -0.25) is 4.79 Å². The van der Waals surface area contributed by atoms with Gasteiger partial charge in [0.2, 0.25) is 5.91 Å². The van der Waals surface area contributed by atoms with E-state index in [1.807, 2.05) is 6.08 Å². The first-order valence-corrected chi connectivity index (χ1v) is 20.1. The lowest BCUT2D eigenvalue weighted by Crippen LogP contribution is -2.60. The van der Waals surface area contributed by atoms with Gasteiger partial charge in [-0.15, -0.1) is 0 Å². The maximum atomic E-state index is 12.8. The zero-order valence-corrected chi connectivity index (χ0v) is 31.2. The third-order valence-electron chi connectivity index (χ3n) is 9.52. The Labute approximate surface area is 298 Å². The molecular weight excluding hydrogens is 622 g/mol. The molecule has 0 radical (unpaired) electrons. The number of ether oxygens (including phenoxy) is 2. The van der Waals surface area contributed by atoms with Gasteiger partial charge in [-0.1, -0.05) is 141 Å². The Kier molecular flexibility index (Phi) is 29.3. The summed E-state index contributed by atoms with van der Waals surface area (Å²) in [6.07, 6.45) is 28.0.